The van der Waals surface area contributed by atoms with Crippen LogP contribution in [-0.2, 0) is 10.0 Å². The molecule has 0 aliphatic heterocycles. The van der Waals surface area contributed by atoms with Gasteiger partial charge in [0, 0.05) is 28.9 Å². The number of rotatable bonds is 5. The van der Waals surface area contributed by atoms with E-state index >= 15 is 0 Å². The lowest BCUT2D eigenvalue weighted by Gasteiger charge is -2.13. The largest absolute Gasteiger partial charge is 0.496 e. The third-order valence-corrected chi connectivity index (χ3v) is 6.21. The number of amides is 1. The molecule has 170 valence electrons. The molecule has 0 fully saturated rings. The fraction of sp³-hybridized carbons (Fsp3) is 0.0417. The van der Waals surface area contributed by atoms with Crippen molar-refractivity contribution in [2.75, 3.05) is 11.8 Å². The molecule has 0 aliphatic carbocycles. The molecule has 4 aromatic rings. The van der Waals surface area contributed by atoms with E-state index in [1.807, 2.05) is 0 Å². The van der Waals surface area contributed by atoms with Crippen LogP contribution in [0.5, 0.6) is 5.75 Å². The van der Waals surface area contributed by atoms with Gasteiger partial charge >= 0.3 is 0 Å². The van der Waals surface area contributed by atoms with Crippen LogP contribution >= 0.6 is 0 Å². The molecule has 0 bridgehead atoms. The number of carbonyl (C=O) groups is 1. The van der Waals surface area contributed by atoms with Gasteiger partial charge in [-0.15, -0.1) is 0 Å². The van der Waals surface area contributed by atoms with Crippen molar-refractivity contribution in [3.05, 3.63) is 89.9 Å². The standard InChI is InChI=1S/C24H18N4O5S/c1-33-21-12-13-22(23-18(21)6-4-14-25-23)34(31,32)28-19-7-3-2-5-17(19)10-8-16-9-11-20(26-15-16)24(29)27-30/h2-7,9,11-15,28,30H,1H3,(H,27,29). The molecule has 0 aliphatic rings. The van der Waals surface area contributed by atoms with Crippen molar-refractivity contribution >= 4 is 32.5 Å². The normalized spacial score (nSPS) is 10.8. The molecule has 0 saturated carbocycles. The molecule has 0 atom stereocenters. The summed E-state index contributed by atoms with van der Waals surface area (Å²) in [7, 11) is -2.50. The van der Waals surface area contributed by atoms with Crippen LogP contribution in [0.3, 0.4) is 0 Å². The zero-order valence-corrected chi connectivity index (χ0v) is 18.6. The topological polar surface area (TPSA) is 131 Å². The quantitative estimate of drug-likeness (QED) is 0.230. The number of fused-ring (bicyclic) bond motifs is 1. The fourth-order valence-corrected chi connectivity index (χ4v) is 4.44. The number of ether oxygens (including phenoxy) is 1. The van der Waals surface area contributed by atoms with Crippen LogP contribution in [0.1, 0.15) is 21.6 Å². The number of hydrogen-bond acceptors (Lipinski definition) is 7. The van der Waals surface area contributed by atoms with E-state index in [0.717, 1.165) is 0 Å². The highest BCUT2D eigenvalue weighted by molar-refractivity contribution is 7.93. The lowest BCUT2D eigenvalue weighted by Crippen LogP contribution is -2.19. The predicted molar refractivity (Wildman–Crippen MR) is 125 cm³/mol. The maximum Gasteiger partial charge on any atom is 0.293 e. The van der Waals surface area contributed by atoms with Crippen LogP contribution in [0.15, 0.2) is 78.0 Å². The van der Waals surface area contributed by atoms with E-state index in [9.17, 15) is 13.2 Å². The second kappa shape index (κ2) is 9.58. The molecule has 2 heterocycles. The van der Waals surface area contributed by atoms with Crippen molar-refractivity contribution in [2.24, 2.45) is 0 Å². The van der Waals surface area contributed by atoms with E-state index in [-0.39, 0.29) is 16.1 Å². The van der Waals surface area contributed by atoms with E-state index in [1.54, 1.807) is 48.5 Å². The summed E-state index contributed by atoms with van der Waals surface area (Å²) < 4.78 is 34.4. The van der Waals surface area contributed by atoms with Gasteiger partial charge in [-0.05, 0) is 48.5 Å². The number of sulfonamides is 1. The molecule has 0 unspecified atom stereocenters. The average Bonchev–Trinajstić information content (AvgIpc) is 2.87. The second-order valence-corrected chi connectivity index (χ2v) is 8.59. The number of hydrogen-bond donors (Lipinski definition) is 3. The zero-order chi connectivity index (χ0) is 24.1. The summed E-state index contributed by atoms with van der Waals surface area (Å²) in [6.45, 7) is 0. The Labute approximate surface area is 195 Å². The van der Waals surface area contributed by atoms with Crippen molar-refractivity contribution in [3.8, 4) is 17.6 Å². The van der Waals surface area contributed by atoms with Gasteiger partial charge in [-0.25, -0.2) is 18.9 Å². The van der Waals surface area contributed by atoms with Crippen LogP contribution < -0.4 is 14.9 Å². The molecule has 2 aromatic heterocycles. The Bertz CT molecular complexity index is 1540. The number of hydroxylamine groups is 1. The third-order valence-electron chi connectivity index (χ3n) is 4.81. The van der Waals surface area contributed by atoms with Gasteiger partial charge < -0.3 is 4.74 Å². The average molecular weight is 474 g/mol. The summed E-state index contributed by atoms with van der Waals surface area (Å²) >= 11 is 0. The molecule has 0 saturated heterocycles. The number of para-hydroxylation sites is 1. The van der Waals surface area contributed by atoms with Gasteiger partial charge in [0.05, 0.1) is 18.3 Å². The summed E-state index contributed by atoms with van der Waals surface area (Å²) in [6.07, 6.45) is 2.89. The first kappa shape index (κ1) is 22.7. The van der Waals surface area contributed by atoms with Crippen molar-refractivity contribution in [1.29, 1.82) is 0 Å². The zero-order valence-electron chi connectivity index (χ0n) is 17.8. The first-order valence-corrected chi connectivity index (χ1v) is 11.4. The van der Waals surface area contributed by atoms with Crippen LogP contribution in [0.4, 0.5) is 5.69 Å². The van der Waals surface area contributed by atoms with E-state index in [1.165, 1.54) is 37.1 Å². The highest BCUT2D eigenvalue weighted by Gasteiger charge is 2.21. The summed E-state index contributed by atoms with van der Waals surface area (Å²) in [5.74, 6) is 5.59. The number of aromatic nitrogens is 2. The van der Waals surface area contributed by atoms with Crippen molar-refractivity contribution in [1.82, 2.24) is 15.4 Å². The Morgan fingerprint density at radius 2 is 1.82 bits per heavy atom. The number of nitrogens with zero attached hydrogens (tertiary/aromatic N) is 2. The van der Waals surface area contributed by atoms with E-state index in [4.69, 9.17) is 9.94 Å². The van der Waals surface area contributed by atoms with Crippen LogP contribution in [0.2, 0.25) is 0 Å². The van der Waals surface area contributed by atoms with Gasteiger partial charge in [0.15, 0.2) is 0 Å². The van der Waals surface area contributed by atoms with Gasteiger partial charge in [-0.2, -0.15) is 0 Å². The highest BCUT2D eigenvalue weighted by atomic mass is 32.2. The molecule has 0 radical (unpaired) electrons. The second-order valence-electron chi connectivity index (χ2n) is 6.94. The number of methoxy groups -OCH3 is 1. The molecule has 3 N–H and O–H groups in total. The molecule has 0 spiro atoms. The monoisotopic (exact) mass is 474 g/mol. The van der Waals surface area contributed by atoms with Crippen molar-refractivity contribution in [2.45, 2.75) is 4.90 Å². The number of anilines is 1. The van der Waals surface area contributed by atoms with E-state index < -0.39 is 15.9 Å². The number of pyridine rings is 2. The minimum Gasteiger partial charge on any atom is -0.496 e. The summed E-state index contributed by atoms with van der Waals surface area (Å²) in [5, 5.41) is 9.24. The summed E-state index contributed by atoms with van der Waals surface area (Å²) in [5.41, 5.74) is 3.05. The van der Waals surface area contributed by atoms with Gasteiger partial charge in [0.2, 0.25) is 0 Å². The molecule has 9 nitrogen and oxygen atoms in total. The molecule has 4 rings (SSSR count). The Morgan fingerprint density at radius 1 is 1.00 bits per heavy atom. The lowest BCUT2D eigenvalue weighted by atomic mass is 10.1. The Balaban J connectivity index is 1.67. The number of nitrogens with one attached hydrogen (secondary N) is 2. The van der Waals surface area contributed by atoms with Crippen molar-refractivity contribution < 1.29 is 23.2 Å². The molecular formula is C24H18N4O5S. The van der Waals surface area contributed by atoms with Crippen LogP contribution in [0.25, 0.3) is 10.9 Å². The smallest absolute Gasteiger partial charge is 0.293 e. The molecular weight excluding hydrogens is 456 g/mol. The first-order chi connectivity index (χ1) is 16.4. The van der Waals surface area contributed by atoms with Crippen LogP contribution in [-0.4, -0.2) is 36.6 Å². The number of carbonyl (C=O) groups excluding carboxylic acids is 1. The molecule has 2 aromatic carbocycles. The van der Waals surface area contributed by atoms with Crippen LogP contribution in [0, 0.1) is 11.8 Å². The van der Waals surface area contributed by atoms with Gasteiger partial charge in [0.1, 0.15) is 16.3 Å². The van der Waals surface area contributed by atoms with E-state index in [0.29, 0.717) is 28.0 Å². The summed E-state index contributed by atoms with van der Waals surface area (Å²) in [4.78, 5) is 19.6. The molecule has 34 heavy (non-hydrogen) atoms. The van der Waals surface area contributed by atoms with Gasteiger partial charge in [-0.1, -0.05) is 24.0 Å². The summed E-state index contributed by atoms with van der Waals surface area (Å²) in [6, 6.07) is 16.2. The van der Waals surface area contributed by atoms with Gasteiger partial charge in [0.25, 0.3) is 15.9 Å². The minimum atomic E-state index is -4.00. The maximum atomic E-state index is 13.3. The van der Waals surface area contributed by atoms with Gasteiger partial charge in [-0.3, -0.25) is 19.7 Å². The fourth-order valence-electron chi connectivity index (χ4n) is 3.20. The Kier molecular flexibility index (Phi) is 6.40. The molecule has 1 amide bonds. The lowest BCUT2D eigenvalue weighted by molar-refractivity contribution is 0.0700. The first-order valence-electron chi connectivity index (χ1n) is 9.89. The minimum absolute atomic E-state index is 0.00797. The van der Waals surface area contributed by atoms with Crippen molar-refractivity contribution in [3.63, 3.8) is 0 Å². The Hall–Kier alpha value is -4.46. The highest BCUT2D eigenvalue weighted by Crippen LogP contribution is 2.30. The molecule has 10 heteroatoms. The number of benzene rings is 2. The Morgan fingerprint density at radius 3 is 2.56 bits per heavy atom. The SMILES string of the molecule is COc1ccc(S(=O)(=O)Nc2ccccc2C#Cc2ccc(C(=O)NO)nc2)c2ncccc12. The maximum absolute atomic E-state index is 13.3. The predicted octanol–water partition coefficient (Wildman–Crippen LogP) is 2.96. The van der Waals surface area contributed by atoms with E-state index in [2.05, 4.69) is 26.5 Å². The third kappa shape index (κ3) is 4.66.